The van der Waals surface area contributed by atoms with Gasteiger partial charge in [0.1, 0.15) is 0 Å². The fourth-order valence-electron chi connectivity index (χ4n) is 2.00. The number of quaternary nitrogens is 1. The molecule has 22 heavy (non-hydrogen) atoms. The Kier molecular flexibility index (Phi) is 6.39. The van der Waals surface area contributed by atoms with Crippen molar-refractivity contribution in [2.45, 2.75) is 13.8 Å². The summed E-state index contributed by atoms with van der Waals surface area (Å²) in [5, 5.41) is 24.2. The second kappa shape index (κ2) is 8.03. The van der Waals surface area contributed by atoms with Gasteiger partial charge in [0.05, 0.1) is 47.7 Å². The molecule has 0 aromatic heterocycles. The first kappa shape index (κ1) is 17.5. The number of hydrogen-bond acceptors (Lipinski definition) is 5. The quantitative estimate of drug-likeness (QED) is 0.523. The summed E-state index contributed by atoms with van der Waals surface area (Å²) in [6.45, 7) is 7.03. The lowest BCUT2D eigenvalue weighted by molar-refractivity contribution is -0.895. The Bertz CT molecular complexity index is 539. The summed E-state index contributed by atoms with van der Waals surface area (Å²) in [5.74, 6) is -0.557. The van der Waals surface area contributed by atoms with E-state index in [0.717, 1.165) is 37.8 Å². The number of carbonyl (C=O) groups is 1. The monoisotopic (exact) mass is 311 g/mol. The molecule has 0 atom stereocenters. The molecule has 0 saturated carbocycles. The van der Waals surface area contributed by atoms with Gasteiger partial charge in [-0.2, -0.15) is 0 Å². The Labute approximate surface area is 127 Å². The topological polar surface area (TPSA) is 120 Å². The van der Waals surface area contributed by atoms with Crippen molar-refractivity contribution in [3.8, 4) is 0 Å². The van der Waals surface area contributed by atoms with Gasteiger partial charge in [-0.15, -0.1) is 0 Å². The molecule has 1 aromatic carbocycles. The lowest BCUT2D eigenvalue weighted by Gasteiger charge is -2.15. The molecule has 0 unspecified atom stereocenters. The summed E-state index contributed by atoms with van der Waals surface area (Å²) < 4.78 is 0. The predicted molar refractivity (Wildman–Crippen MR) is 79.0 cm³/mol. The van der Waals surface area contributed by atoms with Crippen molar-refractivity contribution in [1.82, 2.24) is 5.32 Å². The molecule has 1 amide bonds. The minimum atomic E-state index is -0.760. The van der Waals surface area contributed by atoms with Crippen LogP contribution < -0.4 is 10.2 Å². The van der Waals surface area contributed by atoms with Crippen LogP contribution in [0.5, 0.6) is 0 Å². The standard InChI is InChI=1S/C13H18N4O5/c1-3-15(4-2)6-5-14-13(18)10-7-11(16(19)20)9-12(8-10)17(21)22/h7-9H,3-6H2,1-2H3,(H,14,18)/p+1. The number of nitro groups is 2. The lowest BCUT2D eigenvalue weighted by Crippen LogP contribution is -3.12. The number of rotatable bonds is 8. The first-order valence-corrected chi connectivity index (χ1v) is 6.94. The average molecular weight is 311 g/mol. The SMILES string of the molecule is CC[NH+](CC)CCNC(=O)c1cc([N+](=O)[O-])cc([N+](=O)[O-])c1. The first-order valence-electron chi connectivity index (χ1n) is 6.94. The zero-order valence-corrected chi connectivity index (χ0v) is 12.5. The molecule has 0 aliphatic rings. The van der Waals surface area contributed by atoms with Gasteiger partial charge in [-0.1, -0.05) is 0 Å². The Morgan fingerprint density at radius 1 is 1.09 bits per heavy atom. The Morgan fingerprint density at radius 3 is 2.00 bits per heavy atom. The second-order valence-electron chi connectivity index (χ2n) is 4.72. The molecule has 0 radical (unpaired) electrons. The van der Waals surface area contributed by atoms with Gasteiger partial charge < -0.3 is 10.2 Å². The maximum atomic E-state index is 12.0. The van der Waals surface area contributed by atoms with E-state index in [4.69, 9.17) is 0 Å². The molecule has 0 bridgehead atoms. The minimum absolute atomic E-state index is 0.0875. The number of nitro benzene ring substituents is 2. The maximum absolute atomic E-state index is 12.0. The minimum Gasteiger partial charge on any atom is -0.346 e. The van der Waals surface area contributed by atoms with E-state index in [0.29, 0.717) is 6.54 Å². The van der Waals surface area contributed by atoms with Gasteiger partial charge in [0, 0.05) is 12.1 Å². The van der Waals surface area contributed by atoms with E-state index in [2.05, 4.69) is 5.32 Å². The molecule has 0 heterocycles. The molecule has 120 valence electrons. The zero-order valence-electron chi connectivity index (χ0n) is 12.5. The van der Waals surface area contributed by atoms with E-state index >= 15 is 0 Å². The van der Waals surface area contributed by atoms with Crippen molar-refractivity contribution >= 4 is 17.3 Å². The Balaban J connectivity index is 2.84. The predicted octanol–water partition coefficient (Wildman–Crippen LogP) is 0.158. The lowest BCUT2D eigenvalue weighted by atomic mass is 10.1. The molecule has 1 rings (SSSR count). The van der Waals surface area contributed by atoms with E-state index < -0.39 is 27.1 Å². The van der Waals surface area contributed by atoms with Gasteiger partial charge in [-0.3, -0.25) is 25.0 Å². The molecule has 0 spiro atoms. The van der Waals surface area contributed by atoms with Crippen LogP contribution in [0.3, 0.4) is 0 Å². The van der Waals surface area contributed by atoms with Crippen molar-refractivity contribution < 1.29 is 19.5 Å². The van der Waals surface area contributed by atoms with Crippen molar-refractivity contribution in [2.75, 3.05) is 26.2 Å². The third-order valence-corrected chi connectivity index (χ3v) is 3.35. The van der Waals surface area contributed by atoms with Crippen LogP contribution in [0.4, 0.5) is 11.4 Å². The van der Waals surface area contributed by atoms with Crippen molar-refractivity contribution in [1.29, 1.82) is 0 Å². The molecule has 2 N–H and O–H groups in total. The number of nitrogens with one attached hydrogen (secondary N) is 2. The summed E-state index contributed by atoms with van der Waals surface area (Å²) in [6, 6.07) is 2.90. The third-order valence-electron chi connectivity index (χ3n) is 3.35. The zero-order chi connectivity index (χ0) is 16.7. The number of likely N-dealkylation sites (N-methyl/N-ethyl adjacent to an activating group) is 1. The van der Waals surface area contributed by atoms with Crippen molar-refractivity contribution in [3.63, 3.8) is 0 Å². The van der Waals surface area contributed by atoms with Crippen LogP contribution in [-0.4, -0.2) is 41.9 Å². The van der Waals surface area contributed by atoms with Gasteiger partial charge in [0.15, 0.2) is 0 Å². The van der Waals surface area contributed by atoms with E-state index in [1.54, 1.807) is 0 Å². The van der Waals surface area contributed by atoms with Crippen LogP contribution in [0.2, 0.25) is 0 Å². The molecular weight excluding hydrogens is 292 g/mol. The van der Waals surface area contributed by atoms with Crippen LogP contribution in [0.15, 0.2) is 18.2 Å². The number of amides is 1. The molecule has 0 fully saturated rings. The Hall–Kier alpha value is -2.55. The van der Waals surface area contributed by atoms with Gasteiger partial charge in [-0.05, 0) is 13.8 Å². The molecule has 0 saturated heterocycles. The van der Waals surface area contributed by atoms with Crippen molar-refractivity contribution in [3.05, 3.63) is 44.0 Å². The van der Waals surface area contributed by atoms with Crippen LogP contribution >= 0.6 is 0 Å². The van der Waals surface area contributed by atoms with Gasteiger partial charge in [0.2, 0.25) is 0 Å². The highest BCUT2D eigenvalue weighted by atomic mass is 16.6. The first-order chi connectivity index (χ1) is 10.4. The largest absolute Gasteiger partial charge is 0.346 e. The number of benzene rings is 1. The number of non-ortho nitro benzene ring substituents is 2. The van der Waals surface area contributed by atoms with E-state index in [9.17, 15) is 25.0 Å². The van der Waals surface area contributed by atoms with E-state index in [1.807, 2.05) is 13.8 Å². The molecule has 0 aliphatic heterocycles. The fourth-order valence-corrected chi connectivity index (χ4v) is 2.00. The summed E-state index contributed by atoms with van der Waals surface area (Å²) in [7, 11) is 0. The van der Waals surface area contributed by atoms with E-state index in [-0.39, 0.29) is 5.56 Å². The number of nitrogens with zero attached hydrogens (tertiary/aromatic N) is 2. The molecular formula is C13H19N4O5+. The number of hydrogen-bond donors (Lipinski definition) is 2. The van der Waals surface area contributed by atoms with Gasteiger partial charge in [0.25, 0.3) is 17.3 Å². The molecule has 0 aliphatic carbocycles. The summed E-state index contributed by atoms with van der Waals surface area (Å²) in [5.41, 5.74) is -1.04. The smallest absolute Gasteiger partial charge is 0.277 e. The number of carbonyl (C=O) groups excluding carboxylic acids is 1. The molecule has 1 aromatic rings. The highest BCUT2D eigenvalue weighted by Gasteiger charge is 2.19. The third kappa shape index (κ3) is 4.77. The van der Waals surface area contributed by atoms with Crippen LogP contribution in [0.25, 0.3) is 0 Å². The van der Waals surface area contributed by atoms with Crippen LogP contribution in [-0.2, 0) is 0 Å². The van der Waals surface area contributed by atoms with Crippen LogP contribution in [0, 0.1) is 20.2 Å². The maximum Gasteiger partial charge on any atom is 0.277 e. The molecule has 9 nitrogen and oxygen atoms in total. The normalized spacial score (nSPS) is 10.5. The summed E-state index contributed by atoms with van der Waals surface area (Å²) in [4.78, 5) is 33.3. The van der Waals surface area contributed by atoms with Gasteiger partial charge in [-0.25, -0.2) is 0 Å². The van der Waals surface area contributed by atoms with E-state index in [1.165, 1.54) is 4.90 Å². The van der Waals surface area contributed by atoms with Gasteiger partial charge >= 0.3 is 0 Å². The second-order valence-corrected chi connectivity index (χ2v) is 4.72. The highest BCUT2D eigenvalue weighted by Crippen LogP contribution is 2.22. The fraction of sp³-hybridized carbons (Fsp3) is 0.462. The average Bonchev–Trinajstić information content (AvgIpc) is 2.50. The summed E-state index contributed by atoms with van der Waals surface area (Å²) >= 11 is 0. The van der Waals surface area contributed by atoms with Crippen LogP contribution in [0.1, 0.15) is 24.2 Å². The molecule has 9 heteroatoms. The van der Waals surface area contributed by atoms with Crippen molar-refractivity contribution in [2.24, 2.45) is 0 Å². The Morgan fingerprint density at radius 2 is 1.59 bits per heavy atom. The highest BCUT2D eigenvalue weighted by molar-refractivity contribution is 5.95. The summed E-state index contributed by atoms with van der Waals surface area (Å²) in [6.07, 6.45) is 0.